The maximum atomic E-state index is 11.8. The molecular weight excluding hydrogens is 248 g/mol. The van der Waals surface area contributed by atoms with Crippen LogP contribution < -0.4 is 20.1 Å². The average molecular weight is 264 g/mol. The van der Waals surface area contributed by atoms with E-state index in [1.54, 1.807) is 4.90 Å². The van der Waals surface area contributed by atoms with Gasteiger partial charge in [-0.1, -0.05) is 0 Å². The highest BCUT2D eigenvalue weighted by Gasteiger charge is 2.33. The molecule has 0 spiro atoms. The van der Waals surface area contributed by atoms with Gasteiger partial charge in [-0.15, -0.1) is 0 Å². The van der Waals surface area contributed by atoms with Gasteiger partial charge in [0.15, 0.2) is 11.5 Å². The Morgan fingerprint density at radius 3 is 2.63 bits per heavy atom. The average Bonchev–Trinajstić information content (AvgIpc) is 2.79. The highest BCUT2D eigenvalue weighted by Crippen LogP contribution is 2.37. The van der Waals surface area contributed by atoms with Crippen molar-refractivity contribution in [3.8, 4) is 11.5 Å². The van der Waals surface area contributed by atoms with Crippen molar-refractivity contribution in [2.75, 3.05) is 31.2 Å². The van der Waals surface area contributed by atoms with Crippen LogP contribution in [0, 0.1) is 6.92 Å². The number of hydrogen-bond donors (Lipinski definition) is 1. The summed E-state index contributed by atoms with van der Waals surface area (Å²) >= 11 is 0. The van der Waals surface area contributed by atoms with E-state index in [2.05, 4.69) is 0 Å². The molecule has 19 heavy (non-hydrogen) atoms. The first-order valence-corrected chi connectivity index (χ1v) is 6.27. The molecule has 1 saturated heterocycles. The molecule has 1 aromatic rings. The third-order valence-electron chi connectivity index (χ3n) is 3.29. The molecule has 102 valence electrons. The monoisotopic (exact) mass is 264 g/mol. The van der Waals surface area contributed by atoms with Gasteiger partial charge in [-0.3, -0.25) is 4.90 Å². The van der Waals surface area contributed by atoms with Gasteiger partial charge in [-0.2, -0.15) is 0 Å². The predicted octanol–water partition coefficient (Wildman–Crippen LogP) is 1.05. The van der Waals surface area contributed by atoms with Gasteiger partial charge in [0.05, 0.1) is 12.2 Å². The molecule has 3 rings (SSSR count). The zero-order valence-corrected chi connectivity index (χ0v) is 10.7. The second-order valence-corrected chi connectivity index (χ2v) is 4.63. The van der Waals surface area contributed by atoms with Crippen molar-refractivity contribution >= 4 is 11.8 Å². The van der Waals surface area contributed by atoms with Crippen molar-refractivity contribution in [1.82, 2.24) is 0 Å². The Bertz CT molecular complexity index is 518. The van der Waals surface area contributed by atoms with Crippen LogP contribution in [0.15, 0.2) is 12.1 Å². The lowest BCUT2D eigenvalue weighted by Gasteiger charge is -2.22. The minimum atomic E-state index is -0.366. The number of aryl methyl sites for hydroxylation is 1. The third-order valence-corrected chi connectivity index (χ3v) is 3.29. The highest BCUT2D eigenvalue weighted by molar-refractivity contribution is 5.91. The number of ether oxygens (including phenoxy) is 3. The normalized spacial score (nSPS) is 21.5. The number of benzene rings is 1. The smallest absolute Gasteiger partial charge is 0.414 e. The van der Waals surface area contributed by atoms with E-state index >= 15 is 0 Å². The minimum Gasteiger partial charge on any atom is -0.486 e. The summed E-state index contributed by atoms with van der Waals surface area (Å²) < 4.78 is 16.2. The van der Waals surface area contributed by atoms with Crippen molar-refractivity contribution in [2.24, 2.45) is 5.73 Å². The van der Waals surface area contributed by atoms with Crippen molar-refractivity contribution in [2.45, 2.75) is 13.0 Å². The van der Waals surface area contributed by atoms with Crippen LogP contribution in [0.1, 0.15) is 5.56 Å². The lowest BCUT2D eigenvalue weighted by molar-refractivity contribution is 0.145. The van der Waals surface area contributed by atoms with Gasteiger partial charge in [0.2, 0.25) is 0 Å². The van der Waals surface area contributed by atoms with E-state index in [1.165, 1.54) is 0 Å². The first-order valence-electron chi connectivity index (χ1n) is 6.27. The fourth-order valence-corrected chi connectivity index (χ4v) is 2.31. The van der Waals surface area contributed by atoms with Crippen LogP contribution in [0.3, 0.4) is 0 Å². The number of carbonyl (C=O) groups excluding carboxylic acids is 1. The second kappa shape index (κ2) is 4.62. The molecule has 2 aliphatic heterocycles. The van der Waals surface area contributed by atoms with E-state index in [0.29, 0.717) is 32.1 Å². The quantitative estimate of drug-likeness (QED) is 0.864. The summed E-state index contributed by atoms with van der Waals surface area (Å²) in [6, 6.07) is 3.71. The molecule has 2 aliphatic rings. The number of cyclic esters (lactones) is 1. The molecule has 0 bridgehead atoms. The number of fused-ring (bicyclic) bond motifs is 1. The summed E-state index contributed by atoms with van der Waals surface area (Å²) in [5.41, 5.74) is 7.26. The summed E-state index contributed by atoms with van der Waals surface area (Å²) in [4.78, 5) is 13.4. The third kappa shape index (κ3) is 2.08. The van der Waals surface area contributed by atoms with Crippen LogP contribution in [0.5, 0.6) is 11.5 Å². The molecule has 6 nitrogen and oxygen atoms in total. The second-order valence-electron chi connectivity index (χ2n) is 4.63. The Morgan fingerprint density at radius 2 is 2.00 bits per heavy atom. The molecule has 1 unspecified atom stereocenters. The lowest BCUT2D eigenvalue weighted by Crippen LogP contribution is -2.28. The van der Waals surface area contributed by atoms with Gasteiger partial charge < -0.3 is 19.9 Å². The first kappa shape index (κ1) is 12.1. The minimum absolute atomic E-state index is 0.250. The standard InChI is InChI=1S/C13H16N2O4/c1-8-4-11-12(18-3-2-17-11)5-10(8)15-7-9(6-14)19-13(15)16/h4-5,9H,2-3,6-7,14H2,1H3. The maximum Gasteiger partial charge on any atom is 0.414 e. The number of nitrogens with two attached hydrogens (primary N) is 1. The Kier molecular flexibility index (Phi) is 2.94. The van der Waals surface area contributed by atoms with Crippen LogP contribution in [-0.2, 0) is 4.74 Å². The summed E-state index contributed by atoms with van der Waals surface area (Å²) in [5.74, 6) is 1.38. The number of rotatable bonds is 2. The van der Waals surface area contributed by atoms with Crippen LogP contribution in [0.2, 0.25) is 0 Å². The number of hydrogen-bond acceptors (Lipinski definition) is 5. The van der Waals surface area contributed by atoms with Gasteiger partial charge in [0.25, 0.3) is 0 Å². The van der Waals surface area contributed by atoms with E-state index in [0.717, 1.165) is 17.0 Å². The van der Waals surface area contributed by atoms with Gasteiger partial charge in [0, 0.05) is 12.6 Å². The zero-order valence-electron chi connectivity index (χ0n) is 10.7. The molecular formula is C13H16N2O4. The van der Waals surface area contributed by atoms with Gasteiger partial charge >= 0.3 is 6.09 Å². The van der Waals surface area contributed by atoms with E-state index in [-0.39, 0.29) is 12.2 Å². The number of nitrogens with zero attached hydrogens (tertiary/aromatic N) is 1. The highest BCUT2D eigenvalue weighted by atomic mass is 16.6. The van der Waals surface area contributed by atoms with E-state index in [9.17, 15) is 4.79 Å². The predicted molar refractivity (Wildman–Crippen MR) is 68.8 cm³/mol. The fraction of sp³-hybridized carbons (Fsp3) is 0.462. The van der Waals surface area contributed by atoms with Gasteiger partial charge in [-0.05, 0) is 18.6 Å². The molecule has 0 aliphatic carbocycles. The van der Waals surface area contributed by atoms with Gasteiger partial charge in [0.1, 0.15) is 19.3 Å². The van der Waals surface area contributed by atoms with Crippen molar-refractivity contribution in [3.05, 3.63) is 17.7 Å². The maximum absolute atomic E-state index is 11.8. The van der Waals surface area contributed by atoms with Crippen molar-refractivity contribution in [3.63, 3.8) is 0 Å². The van der Waals surface area contributed by atoms with Crippen molar-refractivity contribution < 1.29 is 19.0 Å². The van der Waals surface area contributed by atoms with Crippen LogP contribution >= 0.6 is 0 Å². The van der Waals surface area contributed by atoms with Crippen LogP contribution in [0.25, 0.3) is 0 Å². The number of anilines is 1. The lowest BCUT2D eigenvalue weighted by atomic mass is 10.1. The Hall–Kier alpha value is -1.95. The fourth-order valence-electron chi connectivity index (χ4n) is 2.31. The number of amides is 1. The summed E-state index contributed by atoms with van der Waals surface area (Å²) in [6.07, 6.45) is -0.615. The molecule has 1 aromatic carbocycles. The SMILES string of the molecule is Cc1cc2c(cc1N1CC(CN)OC1=O)OCCO2. The topological polar surface area (TPSA) is 74.0 Å². The van der Waals surface area contributed by atoms with Crippen molar-refractivity contribution in [1.29, 1.82) is 0 Å². The Labute approximate surface area is 111 Å². The molecule has 2 heterocycles. The molecule has 0 aromatic heterocycles. The van der Waals surface area contributed by atoms with E-state index in [4.69, 9.17) is 19.9 Å². The van der Waals surface area contributed by atoms with Crippen LogP contribution in [-0.4, -0.2) is 38.5 Å². The van der Waals surface area contributed by atoms with Gasteiger partial charge in [-0.25, -0.2) is 4.79 Å². The van der Waals surface area contributed by atoms with E-state index in [1.807, 2.05) is 19.1 Å². The molecule has 1 amide bonds. The summed E-state index contributed by atoms with van der Waals surface area (Å²) in [7, 11) is 0. The molecule has 6 heteroatoms. The van der Waals surface area contributed by atoms with E-state index < -0.39 is 0 Å². The molecule has 0 saturated carbocycles. The number of carbonyl (C=O) groups is 1. The summed E-state index contributed by atoms with van der Waals surface area (Å²) in [6.45, 7) is 3.79. The zero-order chi connectivity index (χ0) is 13.4. The molecule has 2 N–H and O–H groups in total. The first-order chi connectivity index (χ1) is 9.19. The van der Waals surface area contributed by atoms with Crippen LogP contribution in [0.4, 0.5) is 10.5 Å². The largest absolute Gasteiger partial charge is 0.486 e. The Morgan fingerprint density at radius 1 is 1.32 bits per heavy atom. The Balaban J connectivity index is 1.94. The summed E-state index contributed by atoms with van der Waals surface area (Å²) in [5, 5.41) is 0. The molecule has 1 fully saturated rings. The molecule has 1 atom stereocenters. The molecule has 0 radical (unpaired) electrons.